The molecule has 6 nitrogen and oxygen atoms in total. The Balaban J connectivity index is 1.81. The topological polar surface area (TPSA) is 71.5 Å². The van der Waals surface area contributed by atoms with Crippen LogP contribution in [-0.2, 0) is 16.1 Å². The number of methoxy groups -OCH3 is 1. The maximum Gasteiger partial charge on any atom is 0.239 e. The molecule has 1 aromatic heterocycles. The van der Waals surface area contributed by atoms with Crippen molar-refractivity contribution in [2.45, 2.75) is 6.54 Å². The predicted octanol–water partition coefficient (Wildman–Crippen LogP) is 0.239. The SMILES string of the molecule is COc1cc(CNC(=O)CN2CSCC2=O)ccn1. The van der Waals surface area contributed by atoms with Crippen LogP contribution >= 0.6 is 11.8 Å². The second-order valence-corrected chi connectivity index (χ2v) is 5.01. The molecule has 102 valence electrons. The Morgan fingerprint density at radius 2 is 2.47 bits per heavy atom. The smallest absolute Gasteiger partial charge is 0.239 e. The third-order valence-electron chi connectivity index (χ3n) is 2.66. The monoisotopic (exact) mass is 281 g/mol. The maximum absolute atomic E-state index is 11.7. The van der Waals surface area contributed by atoms with Crippen molar-refractivity contribution in [2.24, 2.45) is 0 Å². The molecule has 2 rings (SSSR count). The van der Waals surface area contributed by atoms with E-state index in [1.165, 1.54) is 11.8 Å². The van der Waals surface area contributed by atoms with E-state index in [1.807, 2.05) is 0 Å². The number of amides is 2. The molecule has 2 amide bonds. The zero-order valence-corrected chi connectivity index (χ0v) is 11.4. The summed E-state index contributed by atoms with van der Waals surface area (Å²) >= 11 is 1.52. The van der Waals surface area contributed by atoms with E-state index in [0.717, 1.165) is 5.56 Å². The van der Waals surface area contributed by atoms with Crippen LogP contribution in [0.15, 0.2) is 18.3 Å². The van der Waals surface area contributed by atoms with E-state index >= 15 is 0 Å². The van der Waals surface area contributed by atoms with Crippen molar-refractivity contribution in [3.8, 4) is 5.88 Å². The molecule has 0 bridgehead atoms. The normalized spacial score (nSPS) is 14.6. The second kappa shape index (κ2) is 6.42. The number of nitrogens with zero attached hydrogens (tertiary/aromatic N) is 2. The van der Waals surface area contributed by atoms with Gasteiger partial charge in [0, 0.05) is 18.8 Å². The molecule has 7 heteroatoms. The van der Waals surface area contributed by atoms with Gasteiger partial charge in [0.25, 0.3) is 0 Å². The summed E-state index contributed by atoms with van der Waals surface area (Å²) in [6, 6.07) is 3.57. The fraction of sp³-hybridized carbons (Fsp3) is 0.417. The molecule has 1 aliphatic heterocycles. The van der Waals surface area contributed by atoms with Crippen LogP contribution in [0.3, 0.4) is 0 Å². The van der Waals surface area contributed by atoms with Crippen LogP contribution < -0.4 is 10.1 Å². The standard InChI is InChI=1S/C12H15N3O3S/c1-18-11-4-9(2-3-13-11)5-14-10(16)6-15-8-19-7-12(15)17/h2-4H,5-8H2,1H3,(H,14,16). The van der Waals surface area contributed by atoms with Gasteiger partial charge in [0.15, 0.2) is 0 Å². The zero-order chi connectivity index (χ0) is 13.7. The van der Waals surface area contributed by atoms with Gasteiger partial charge in [-0.25, -0.2) is 4.98 Å². The summed E-state index contributed by atoms with van der Waals surface area (Å²) < 4.78 is 5.00. The summed E-state index contributed by atoms with van der Waals surface area (Å²) in [5.74, 6) is 1.43. The molecular formula is C12H15N3O3S. The molecule has 2 heterocycles. The highest BCUT2D eigenvalue weighted by atomic mass is 32.2. The molecule has 1 saturated heterocycles. The first-order valence-corrected chi connectivity index (χ1v) is 6.95. The van der Waals surface area contributed by atoms with Crippen molar-refractivity contribution >= 4 is 23.6 Å². The van der Waals surface area contributed by atoms with Crippen molar-refractivity contribution < 1.29 is 14.3 Å². The minimum absolute atomic E-state index is 0.0192. The first-order chi connectivity index (χ1) is 9.19. The van der Waals surface area contributed by atoms with E-state index in [2.05, 4.69) is 10.3 Å². The average molecular weight is 281 g/mol. The number of rotatable bonds is 5. The Kier molecular flexibility index (Phi) is 4.62. The van der Waals surface area contributed by atoms with Crippen LogP contribution in [0.5, 0.6) is 5.88 Å². The number of thioether (sulfide) groups is 1. The molecule has 1 aromatic rings. The van der Waals surface area contributed by atoms with Crippen LogP contribution in [0.25, 0.3) is 0 Å². The molecule has 0 atom stereocenters. The molecule has 1 N–H and O–H groups in total. The molecule has 0 aromatic carbocycles. The van der Waals surface area contributed by atoms with Gasteiger partial charge in [0.05, 0.1) is 18.7 Å². The van der Waals surface area contributed by atoms with Gasteiger partial charge < -0.3 is 15.0 Å². The van der Waals surface area contributed by atoms with Crippen molar-refractivity contribution in [1.82, 2.24) is 15.2 Å². The van der Waals surface area contributed by atoms with Gasteiger partial charge >= 0.3 is 0 Å². The van der Waals surface area contributed by atoms with Crippen LogP contribution in [0.2, 0.25) is 0 Å². The van der Waals surface area contributed by atoms with Crippen LogP contribution in [-0.4, -0.2) is 47.0 Å². The fourth-order valence-corrected chi connectivity index (χ4v) is 2.55. The van der Waals surface area contributed by atoms with Crippen LogP contribution in [0, 0.1) is 0 Å². The number of carbonyl (C=O) groups excluding carboxylic acids is 2. The number of ether oxygens (including phenoxy) is 1. The lowest BCUT2D eigenvalue weighted by molar-refractivity contribution is -0.132. The highest BCUT2D eigenvalue weighted by Crippen LogP contribution is 2.14. The van der Waals surface area contributed by atoms with E-state index in [4.69, 9.17) is 4.74 Å². The van der Waals surface area contributed by atoms with E-state index in [1.54, 1.807) is 30.3 Å². The van der Waals surface area contributed by atoms with Gasteiger partial charge in [-0.15, -0.1) is 11.8 Å². The van der Waals surface area contributed by atoms with E-state index in [-0.39, 0.29) is 18.4 Å². The highest BCUT2D eigenvalue weighted by Gasteiger charge is 2.22. The largest absolute Gasteiger partial charge is 0.481 e. The van der Waals surface area contributed by atoms with Gasteiger partial charge in [-0.1, -0.05) is 0 Å². The first-order valence-electron chi connectivity index (χ1n) is 5.80. The number of aromatic nitrogens is 1. The van der Waals surface area contributed by atoms with E-state index < -0.39 is 0 Å². The molecule has 0 unspecified atom stereocenters. The lowest BCUT2D eigenvalue weighted by atomic mass is 10.2. The van der Waals surface area contributed by atoms with Gasteiger partial charge in [-0.05, 0) is 11.6 Å². The third kappa shape index (κ3) is 3.85. The molecule has 0 spiro atoms. The van der Waals surface area contributed by atoms with Crippen LogP contribution in [0.4, 0.5) is 0 Å². The fourth-order valence-electron chi connectivity index (χ4n) is 1.64. The maximum atomic E-state index is 11.7. The number of hydrogen-bond acceptors (Lipinski definition) is 5. The Morgan fingerprint density at radius 3 is 3.16 bits per heavy atom. The summed E-state index contributed by atoms with van der Waals surface area (Å²) in [5, 5.41) is 2.77. The molecule has 0 aliphatic carbocycles. The Labute approximate surface area is 115 Å². The lowest BCUT2D eigenvalue weighted by Crippen LogP contribution is -2.37. The van der Waals surface area contributed by atoms with Gasteiger partial charge in [-0.3, -0.25) is 9.59 Å². The summed E-state index contributed by atoms with van der Waals surface area (Å²) in [6.07, 6.45) is 1.63. The summed E-state index contributed by atoms with van der Waals surface area (Å²) in [5.41, 5.74) is 0.905. The van der Waals surface area contributed by atoms with Crippen molar-refractivity contribution in [3.63, 3.8) is 0 Å². The molecule has 0 radical (unpaired) electrons. The predicted molar refractivity (Wildman–Crippen MR) is 71.7 cm³/mol. The number of carbonyl (C=O) groups is 2. The third-order valence-corrected chi connectivity index (χ3v) is 3.60. The van der Waals surface area contributed by atoms with Crippen molar-refractivity contribution in [1.29, 1.82) is 0 Å². The molecule has 19 heavy (non-hydrogen) atoms. The van der Waals surface area contributed by atoms with Gasteiger partial charge in [0.2, 0.25) is 17.7 Å². The Hall–Kier alpha value is -1.76. The minimum atomic E-state index is -0.161. The molecular weight excluding hydrogens is 266 g/mol. The first kappa shape index (κ1) is 13.7. The number of pyridine rings is 1. The minimum Gasteiger partial charge on any atom is -0.481 e. The van der Waals surface area contributed by atoms with Crippen molar-refractivity contribution in [2.75, 3.05) is 25.3 Å². The average Bonchev–Trinajstić information content (AvgIpc) is 2.82. The summed E-state index contributed by atoms with van der Waals surface area (Å²) in [7, 11) is 1.54. The summed E-state index contributed by atoms with van der Waals surface area (Å²) in [4.78, 5) is 28.6. The van der Waals surface area contributed by atoms with E-state index in [9.17, 15) is 9.59 Å². The molecule has 0 saturated carbocycles. The molecule has 1 fully saturated rings. The quantitative estimate of drug-likeness (QED) is 0.837. The zero-order valence-electron chi connectivity index (χ0n) is 10.6. The highest BCUT2D eigenvalue weighted by molar-refractivity contribution is 8.00. The van der Waals surface area contributed by atoms with Gasteiger partial charge in [0.1, 0.15) is 6.54 Å². The lowest BCUT2D eigenvalue weighted by Gasteiger charge is -2.14. The number of hydrogen-bond donors (Lipinski definition) is 1. The second-order valence-electron chi connectivity index (χ2n) is 4.05. The molecule has 1 aliphatic rings. The Morgan fingerprint density at radius 1 is 1.63 bits per heavy atom. The van der Waals surface area contributed by atoms with Crippen LogP contribution in [0.1, 0.15) is 5.56 Å². The van der Waals surface area contributed by atoms with Crippen molar-refractivity contribution in [3.05, 3.63) is 23.9 Å². The van der Waals surface area contributed by atoms with E-state index in [0.29, 0.717) is 24.1 Å². The summed E-state index contributed by atoms with van der Waals surface area (Å²) in [6.45, 7) is 0.515. The Bertz CT molecular complexity index is 481. The number of nitrogens with one attached hydrogen (secondary N) is 1. The van der Waals surface area contributed by atoms with Gasteiger partial charge in [-0.2, -0.15) is 0 Å².